The quantitative estimate of drug-likeness (QED) is 0.519. The van der Waals surface area contributed by atoms with Gasteiger partial charge >= 0.3 is 13.3 Å². The molecule has 40 valence electrons. The molecule has 0 aromatic carbocycles. The van der Waals surface area contributed by atoms with Crippen molar-refractivity contribution in [3.63, 3.8) is 0 Å². The lowest BCUT2D eigenvalue weighted by molar-refractivity contribution is -0.131. The SMILES string of the molecule is CC(=O)O[P+](=O)Cl. The third kappa shape index (κ3) is 5.86. The van der Waals surface area contributed by atoms with Gasteiger partial charge in [-0.2, -0.15) is 0 Å². The van der Waals surface area contributed by atoms with E-state index in [1.165, 1.54) is 0 Å². The van der Waals surface area contributed by atoms with Gasteiger partial charge in [0.1, 0.15) is 0 Å². The van der Waals surface area contributed by atoms with Gasteiger partial charge in [-0.3, -0.25) is 0 Å². The van der Waals surface area contributed by atoms with E-state index in [1.54, 1.807) is 0 Å². The third-order valence-corrected chi connectivity index (χ3v) is 0.808. The molecule has 0 aliphatic carbocycles. The Morgan fingerprint density at radius 1 is 1.86 bits per heavy atom. The van der Waals surface area contributed by atoms with Gasteiger partial charge in [-0.15, -0.1) is 0 Å². The Labute approximate surface area is 46.3 Å². The van der Waals surface area contributed by atoms with E-state index in [0.717, 1.165) is 6.92 Å². The Kier molecular flexibility index (Phi) is 2.88. The van der Waals surface area contributed by atoms with E-state index in [9.17, 15) is 9.36 Å². The second-order valence-electron chi connectivity index (χ2n) is 0.795. The van der Waals surface area contributed by atoms with Crippen LogP contribution < -0.4 is 0 Å². The van der Waals surface area contributed by atoms with Crippen LogP contribution >= 0.6 is 18.6 Å². The molecule has 0 radical (unpaired) electrons. The Morgan fingerprint density at radius 3 is 2.29 bits per heavy atom. The van der Waals surface area contributed by atoms with Crippen molar-refractivity contribution in [1.29, 1.82) is 0 Å². The fourth-order valence-electron chi connectivity index (χ4n) is 0.101. The van der Waals surface area contributed by atoms with Crippen molar-refractivity contribution in [3.05, 3.63) is 0 Å². The van der Waals surface area contributed by atoms with Crippen LogP contribution in [0.4, 0.5) is 0 Å². The second kappa shape index (κ2) is 2.94. The van der Waals surface area contributed by atoms with Crippen molar-refractivity contribution >= 4 is 24.6 Å². The van der Waals surface area contributed by atoms with Crippen LogP contribution in [0.1, 0.15) is 6.92 Å². The van der Waals surface area contributed by atoms with Crippen LogP contribution in [0.25, 0.3) is 0 Å². The zero-order chi connectivity index (χ0) is 5.86. The number of hydrogen-bond donors (Lipinski definition) is 0. The summed E-state index contributed by atoms with van der Waals surface area (Å²) in [7, 11) is -2.27. The lowest BCUT2D eigenvalue weighted by atomic mass is 10.9. The molecule has 5 heteroatoms. The summed E-state index contributed by atoms with van der Waals surface area (Å²) < 4.78 is 13.6. The van der Waals surface area contributed by atoms with Crippen molar-refractivity contribution < 1.29 is 13.9 Å². The molecular formula is C2H3ClO3P+. The first kappa shape index (κ1) is 6.86. The van der Waals surface area contributed by atoms with E-state index in [0.29, 0.717) is 0 Å². The van der Waals surface area contributed by atoms with Crippen LogP contribution in [-0.2, 0) is 13.9 Å². The summed E-state index contributed by atoms with van der Waals surface area (Å²) in [5.74, 6) is -0.629. The van der Waals surface area contributed by atoms with Crippen LogP contribution in [0.3, 0.4) is 0 Å². The van der Waals surface area contributed by atoms with Gasteiger partial charge in [0.25, 0.3) is 11.2 Å². The molecule has 1 atom stereocenters. The first-order valence-corrected chi connectivity index (χ1v) is 3.52. The van der Waals surface area contributed by atoms with Crippen LogP contribution in [-0.4, -0.2) is 5.97 Å². The Morgan fingerprint density at radius 2 is 2.29 bits per heavy atom. The lowest BCUT2D eigenvalue weighted by Crippen LogP contribution is -1.85. The van der Waals surface area contributed by atoms with Crippen molar-refractivity contribution in [1.82, 2.24) is 0 Å². The van der Waals surface area contributed by atoms with Crippen molar-refractivity contribution in [2.45, 2.75) is 6.92 Å². The highest BCUT2D eigenvalue weighted by molar-refractivity contribution is 7.70. The molecule has 0 heterocycles. The van der Waals surface area contributed by atoms with E-state index >= 15 is 0 Å². The zero-order valence-corrected chi connectivity index (χ0v) is 5.20. The molecule has 1 unspecified atom stereocenters. The molecule has 0 aromatic heterocycles. The predicted octanol–water partition coefficient (Wildman–Crippen LogP) is 1.45. The topological polar surface area (TPSA) is 43.4 Å². The smallest absolute Gasteiger partial charge is 0.247 e. The maximum atomic E-state index is 9.76. The molecule has 7 heavy (non-hydrogen) atoms. The lowest BCUT2D eigenvalue weighted by Gasteiger charge is -1.70. The molecule has 0 saturated carbocycles. The van der Waals surface area contributed by atoms with E-state index < -0.39 is 13.3 Å². The molecule has 0 aliphatic rings. The maximum absolute atomic E-state index is 9.76. The standard InChI is InChI=1S/C2H3ClO3P/c1-2(4)6-7(3)5/h1H3/q+1. The van der Waals surface area contributed by atoms with Crippen LogP contribution in [0, 0.1) is 0 Å². The first-order valence-electron chi connectivity index (χ1n) is 1.44. The van der Waals surface area contributed by atoms with Crippen LogP contribution in [0.5, 0.6) is 0 Å². The molecule has 0 saturated heterocycles. The molecule has 0 N–H and O–H groups in total. The number of halogens is 1. The highest BCUT2D eigenvalue weighted by atomic mass is 35.7. The maximum Gasteiger partial charge on any atom is 0.686 e. The summed E-state index contributed by atoms with van der Waals surface area (Å²) in [6, 6.07) is 0. The monoisotopic (exact) mass is 141 g/mol. The highest BCUT2D eigenvalue weighted by Gasteiger charge is 2.15. The number of hydrogen-bond acceptors (Lipinski definition) is 3. The molecule has 0 spiro atoms. The van der Waals surface area contributed by atoms with E-state index in [-0.39, 0.29) is 0 Å². The van der Waals surface area contributed by atoms with Gasteiger partial charge in [0.05, 0.1) is 0 Å². The normalized spacial score (nSPS) is 10.3. The third-order valence-electron chi connectivity index (χ3n) is 0.200. The Hall–Kier alpha value is -0.140. The average Bonchev–Trinajstić information content (AvgIpc) is 1.27. The highest BCUT2D eigenvalue weighted by Crippen LogP contribution is 2.27. The second-order valence-corrected chi connectivity index (χ2v) is 2.23. The van der Waals surface area contributed by atoms with E-state index in [1.807, 2.05) is 0 Å². The summed E-state index contributed by atoms with van der Waals surface area (Å²) in [4.78, 5) is 9.76. The first-order chi connectivity index (χ1) is 3.13. The Bertz CT molecular complexity index is 89.1. The predicted molar refractivity (Wildman–Crippen MR) is 25.2 cm³/mol. The molecule has 3 nitrogen and oxygen atoms in total. The van der Waals surface area contributed by atoms with Crippen molar-refractivity contribution in [2.75, 3.05) is 0 Å². The molecule has 0 aromatic rings. The Balaban J connectivity index is 3.32. The molecular weight excluding hydrogens is 138 g/mol. The van der Waals surface area contributed by atoms with Crippen molar-refractivity contribution in [3.8, 4) is 0 Å². The van der Waals surface area contributed by atoms with Gasteiger partial charge in [0.15, 0.2) is 0 Å². The molecule has 0 rings (SSSR count). The molecule has 0 fully saturated rings. The minimum absolute atomic E-state index is 0.629. The van der Waals surface area contributed by atoms with Gasteiger partial charge in [-0.05, 0) is 0 Å². The van der Waals surface area contributed by atoms with Crippen molar-refractivity contribution in [2.24, 2.45) is 0 Å². The molecule has 0 aliphatic heterocycles. The summed E-state index contributed by atoms with van der Waals surface area (Å²) in [6.45, 7) is 1.13. The van der Waals surface area contributed by atoms with Gasteiger partial charge in [-0.1, -0.05) is 0 Å². The zero-order valence-electron chi connectivity index (χ0n) is 3.55. The van der Waals surface area contributed by atoms with Gasteiger partial charge in [0.2, 0.25) is 0 Å². The molecule has 0 amide bonds. The minimum Gasteiger partial charge on any atom is -0.247 e. The van der Waals surface area contributed by atoms with E-state index in [2.05, 4.69) is 4.52 Å². The average molecular weight is 141 g/mol. The summed E-state index contributed by atoms with van der Waals surface area (Å²) >= 11 is 4.74. The number of carbonyl (C=O) groups is 1. The number of carbonyl (C=O) groups excluding carboxylic acids is 1. The molecule has 0 bridgehead atoms. The summed E-state index contributed by atoms with van der Waals surface area (Å²) in [5, 5.41) is 0. The van der Waals surface area contributed by atoms with Gasteiger partial charge in [0, 0.05) is 11.5 Å². The van der Waals surface area contributed by atoms with E-state index in [4.69, 9.17) is 11.2 Å². The fourth-order valence-corrected chi connectivity index (χ4v) is 0.595. The summed E-state index contributed by atoms with van der Waals surface area (Å²) in [5.41, 5.74) is 0. The number of rotatable bonds is 1. The fraction of sp³-hybridized carbons (Fsp3) is 0.500. The largest absolute Gasteiger partial charge is 0.686 e. The van der Waals surface area contributed by atoms with Crippen LogP contribution in [0.15, 0.2) is 0 Å². The minimum atomic E-state index is -2.27. The van der Waals surface area contributed by atoms with Crippen LogP contribution in [0.2, 0.25) is 0 Å². The van der Waals surface area contributed by atoms with Gasteiger partial charge < -0.3 is 0 Å². The summed E-state index contributed by atoms with van der Waals surface area (Å²) in [6.07, 6.45) is 0. The van der Waals surface area contributed by atoms with Gasteiger partial charge in [-0.25, -0.2) is 9.32 Å².